The van der Waals surface area contributed by atoms with Gasteiger partial charge in [0.2, 0.25) is 29.5 Å². The number of rotatable bonds is 11. The molecule has 2 heterocycles. The predicted octanol–water partition coefficient (Wildman–Crippen LogP) is 2.36. The summed E-state index contributed by atoms with van der Waals surface area (Å²) in [6.07, 6.45) is 1.40. The van der Waals surface area contributed by atoms with Gasteiger partial charge in [0.1, 0.15) is 35.5 Å². The molecule has 0 radical (unpaired) electrons. The number of thiazole rings is 1. The van der Waals surface area contributed by atoms with E-state index >= 15 is 0 Å². The van der Waals surface area contributed by atoms with E-state index in [1.54, 1.807) is 25.4 Å². The van der Waals surface area contributed by atoms with Gasteiger partial charge in [-0.3, -0.25) is 33.8 Å². The summed E-state index contributed by atoms with van der Waals surface area (Å²) in [5.74, 6) is -3.77. The first-order valence-electron chi connectivity index (χ1n) is 18.0. The molecule has 0 saturated carbocycles. The van der Waals surface area contributed by atoms with Crippen molar-refractivity contribution in [2.45, 2.75) is 105 Å². The van der Waals surface area contributed by atoms with Crippen LogP contribution in [0.1, 0.15) is 91.3 Å². The van der Waals surface area contributed by atoms with Crippen LogP contribution >= 0.6 is 11.3 Å². The molecule has 1 aromatic carbocycles. The van der Waals surface area contributed by atoms with Crippen molar-refractivity contribution in [3.63, 3.8) is 0 Å². The highest BCUT2D eigenvalue weighted by molar-refractivity contribution is 7.09. The Hall–Kier alpha value is -4.86. The van der Waals surface area contributed by atoms with E-state index in [9.17, 15) is 28.8 Å². The van der Waals surface area contributed by atoms with Gasteiger partial charge in [0.15, 0.2) is 0 Å². The van der Waals surface area contributed by atoms with Crippen LogP contribution in [0.25, 0.3) is 0 Å². The quantitative estimate of drug-likeness (QED) is 0.185. The number of nitrogens with one attached hydrogen (secondary N) is 6. The normalized spacial score (nSPS) is 19.6. The first-order chi connectivity index (χ1) is 25.2. The Morgan fingerprint density at radius 1 is 0.944 bits per heavy atom. The number of hydrogen-bond acceptors (Lipinski definition) is 11. The molecular weight excluding hydrogens is 713 g/mol. The molecule has 15 nitrogen and oxygen atoms in total. The van der Waals surface area contributed by atoms with E-state index in [4.69, 9.17) is 4.74 Å². The Morgan fingerprint density at radius 2 is 1.61 bits per heavy atom. The molecule has 1 aliphatic heterocycles. The van der Waals surface area contributed by atoms with Crippen molar-refractivity contribution in [3.8, 4) is 0 Å². The maximum atomic E-state index is 14.6. The summed E-state index contributed by atoms with van der Waals surface area (Å²) < 4.78 is 4.88. The van der Waals surface area contributed by atoms with Crippen LogP contribution in [0, 0.1) is 16.7 Å². The van der Waals surface area contributed by atoms with Crippen molar-refractivity contribution in [2.75, 3.05) is 20.2 Å². The number of amides is 5. The summed E-state index contributed by atoms with van der Waals surface area (Å²) in [4.78, 5) is 89.3. The molecule has 1 unspecified atom stereocenters. The van der Waals surface area contributed by atoms with E-state index in [0.29, 0.717) is 5.01 Å². The minimum atomic E-state index is -1.12. The van der Waals surface area contributed by atoms with Crippen LogP contribution in [-0.2, 0) is 33.5 Å². The van der Waals surface area contributed by atoms with Gasteiger partial charge in [0.25, 0.3) is 0 Å². The molecule has 3 rings (SSSR count). The molecule has 16 heteroatoms. The summed E-state index contributed by atoms with van der Waals surface area (Å²) in [6, 6.07) is 4.52. The number of carbonyl (C=O) groups excluding carboxylic acids is 6. The minimum absolute atomic E-state index is 0.170. The zero-order chi connectivity index (χ0) is 40.4. The molecule has 0 saturated heterocycles. The first-order valence-corrected chi connectivity index (χ1v) is 18.9. The molecule has 0 fully saturated rings. The SMILES string of the molecule is COC(=O)C[C@@H](NC(=O)C(NC(=O)[C@@H](NC1=NCC(=O)NCC(=O)N[C@@H](C(C)C)C(=O)N[C@H]1C(C)(C)C)C(C)(C)C)[C@@H](C)c1ccccc1)c1nccs1. The van der Waals surface area contributed by atoms with Crippen LogP contribution < -0.4 is 31.9 Å². The molecule has 6 N–H and O–H groups in total. The number of ether oxygens (including phenoxy) is 1. The lowest BCUT2D eigenvalue weighted by Gasteiger charge is -2.39. The highest BCUT2D eigenvalue weighted by Crippen LogP contribution is 2.27. The van der Waals surface area contributed by atoms with Gasteiger partial charge in [0, 0.05) is 17.5 Å². The van der Waals surface area contributed by atoms with Crippen molar-refractivity contribution < 1.29 is 33.5 Å². The lowest BCUT2D eigenvalue weighted by atomic mass is 9.82. The minimum Gasteiger partial charge on any atom is -0.469 e. The number of methoxy groups -OCH3 is 1. The van der Waals surface area contributed by atoms with Gasteiger partial charge in [-0.15, -0.1) is 11.3 Å². The maximum absolute atomic E-state index is 14.6. The Kier molecular flexibility index (Phi) is 15.3. The molecule has 0 bridgehead atoms. The summed E-state index contributed by atoms with van der Waals surface area (Å²) in [6.45, 7) is 15.8. The number of amidine groups is 1. The zero-order valence-corrected chi connectivity index (χ0v) is 33.7. The number of carbonyl (C=O) groups is 6. The van der Waals surface area contributed by atoms with Crippen molar-refractivity contribution in [3.05, 3.63) is 52.5 Å². The van der Waals surface area contributed by atoms with E-state index < -0.39 is 89.0 Å². The van der Waals surface area contributed by atoms with E-state index in [1.807, 2.05) is 78.8 Å². The van der Waals surface area contributed by atoms with Gasteiger partial charge in [-0.25, -0.2) is 4.98 Å². The van der Waals surface area contributed by atoms with Crippen LogP contribution in [0.2, 0.25) is 0 Å². The Balaban J connectivity index is 2.06. The largest absolute Gasteiger partial charge is 0.469 e. The highest BCUT2D eigenvalue weighted by Gasteiger charge is 2.41. The van der Waals surface area contributed by atoms with Crippen molar-refractivity contribution in [2.24, 2.45) is 21.7 Å². The molecule has 1 aromatic heterocycles. The lowest BCUT2D eigenvalue weighted by molar-refractivity contribution is -0.141. The second-order valence-corrected chi connectivity index (χ2v) is 16.8. The highest BCUT2D eigenvalue weighted by atomic mass is 32.1. The summed E-state index contributed by atoms with van der Waals surface area (Å²) in [5, 5.41) is 19.7. The number of esters is 1. The van der Waals surface area contributed by atoms with E-state index in [0.717, 1.165) is 5.56 Å². The van der Waals surface area contributed by atoms with Crippen LogP contribution in [0.3, 0.4) is 0 Å². The fraction of sp³-hybridized carbons (Fsp3) is 0.579. The molecule has 1 aliphatic rings. The lowest BCUT2D eigenvalue weighted by Crippen LogP contribution is -2.64. The molecule has 54 heavy (non-hydrogen) atoms. The summed E-state index contributed by atoms with van der Waals surface area (Å²) in [7, 11) is 1.26. The smallest absolute Gasteiger partial charge is 0.308 e. The average molecular weight is 769 g/mol. The molecule has 5 amide bonds. The third-order valence-corrected chi connectivity index (χ3v) is 9.91. The topological polar surface area (TPSA) is 209 Å². The van der Waals surface area contributed by atoms with Gasteiger partial charge in [-0.2, -0.15) is 0 Å². The second-order valence-electron chi connectivity index (χ2n) is 15.9. The molecule has 296 valence electrons. The molecular formula is C38H56N8O7S. The summed E-state index contributed by atoms with van der Waals surface area (Å²) >= 11 is 1.27. The Morgan fingerprint density at radius 3 is 2.17 bits per heavy atom. The average Bonchev–Trinajstić information content (AvgIpc) is 3.64. The third kappa shape index (κ3) is 12.4. The first kappa shape index (κ1) is 43.5. The van der Waals surface area contributed by atoms with Gasteiger partial charge in [-0.1, -0.05) is 92.6 Å². The number of aromatic nitrogens is 1. The van der Waals surface area contributed by atoms with Crippen molar-refractivity contribution in [1.82, 2.24) is 36.9 Å². The number of hydrogen-bond donors (Lipinski definition) is 6. The van der Waals surface area contributed by atoms with Crippen molar-refractivity contribution >= 4 is 52.7 Å². The van der Waals surface area contributed by atoms with Gasteiger partial charge < -0.3 is 36.6 Å². The van der Waals surface area contributed by atoms with E-state index in [-0.39, 0.29) is 24.7 Å². The molecule has 0 spiro atoms. The molecule has 6 atom stereocenters. The second kappa shape index (κ2) is 18.9. The Labute approximate surface area is 321 Å². The van der Waals surface area contributed by atoms with Crippen LogP contribution in [0.15, 0.2) is 46.9 Å². The third-order valence-electron chi connectivity index (χ3n) is 9.02. The number of benzene rings is 1. The summed E-state index contributed by atoms with van der Waals surface area (Å²) in [5.41, 5.74) is -0.708. The van der Waals surface area contributed by atoms with E-state index in [2.05, 4.69) is 41.9 Å². The van der Waals surface area contributed by atoms with Crippen molar-refractivity contribution in [1.29, 1.82) is 0 Å². The Bertz CT molecular complexity index is 1650. The van der Waals surface area contributed by atoms with Gasteiger partial charge in [0.05, 0.1) is 32.2 Å². The monoisotopic (exact) mass is 768 g/mol. The van der Waals surface area contributed by atoms with Crippen LogP contribution in [0.4, 0.5) is 0 Å². The fourth-order valence-electron chi connectivity index (χ4n) is 5.84. The van der Waals surface area contributed by atoms with Gasteiger partial charge in [-0.05, 0) is 22.3 Å². The number of aliphatic imine (C=N–C) groups is 1. The molecule has 2 aromatic rings. The zero-order valence-electron chi connectivity index (χ0n) is 32.9. The fourth-order valence-corrected chi connectivity index (χ4v) is 6.53. The molecule has 0 aliphatic carbocycles. The van der Waals surface area contributed by atoms with Crippen LogP contribution in [-0.4, -0.2) is 90.7 Å². The van der Waals surface area contributed by atoms with Crippen LogP contribution in [0.5, 0.6) is 0 Å². The number of nitrogens with zero attached hydrogens (tertiary/aromatic N) is 2. The van der Waals surface area contributed by atoms with E-state index in [1.165, 1.54) is 18.4 Å². The maximum Gasteiger partial charge on any atom is 0.308 e. The van der Waals surface area contributed by atoms with Gasteiger partial charge >= 0.3 is 5.97 Å². The predicted molar refractivity (Wildman–Crippen MR) is 206 cm³/mol. The standard InChI is InChI=1S/C38H56N8O7S/c1-21(2)28-33(50)46-30(37(4,5)6)32(41-19-25(47)40-20-26(48)43-28)45-31(38(7,8)9)35(52)44-29(22(3)23-14-12-11-13-15-23)34(51)42-24(18-27(49)53-10)36-39-16-17-54-36/h11-17,21-22,24,28-31H,18-20H2,1-10H3,(H,40,47)(H,41,45)(H,42,51)(H,43,48)(H,44,52)(H,46,50)/t22-,24+,28-,29?,30+,31+/m0/s1.